The Morgan fingerprint density at radius 1 is 1.26 bits per heavy atom. The lowest BCUT2D eigenvalue weighted by atomic mass is 10.0. The number of benzene rings is 1. The lowest BCUT2D eigenvalue weighted by Crippen LogP contribution is -2.37. The maximum atomic E-state index is 11.2. The fourth-order valence-electron chi connectivity index (χ4n) is 2.41. The summed E-state index contributed by atoms with van der Waals surface area (Å²) in [5, 5.41) is 13.5. The Bertz CT molecular complexity index is 610. The minimum Gasteiger partial charge on any atom is -0.480 e. The Morgan fingerprint density at radius 3 is 2.65 bits per heavy atom. The summed E-state index contributed by atoms with van der Waals surface area (Å²) in [6.45, 7) is 4.63. The van der Waals surface area contributed by atoms with Crippen LogP contribution in [-0.4, -0.2) is 22.1 Å². The Morgan fingerprint density at radius 2 is 2.00 bits per heavy atom. The van der Waals surface area contributed by atoms with E-state index in [1.807, 2.05) is 38.2 Å². The van der Waals surface area contributed by atoms with Gasteiger partial charge in [0.25, 0.3) is 0 Å². The number of nitrogens with zero attached hydrogens (tertiary/aromatic N) is 1. The third kappa shape index (κ3) is 6.12. The average molecular weight is 332 g/mol. The zero-order valence-corrected chi connectivity index (χ0v) is 14.5. The monoisotopic (exact) mass is 332 g/mol. The second kappa shape index (κ2) is 8.79. The molecular formula is C18H24N2O2S. The van der Waals surface area contributed by atoms with Crippen LogP contribution in [-0.2, 0) is 24.2 Å². The minimum atomic E-state index is -0.785. The number of carboxylic acid groups (broad SMARTS) is 1. The van der Waals surface area contributed by atoms with Gasteiger partial charge in [0.05, 0.1) is 5.01 Å². The van der Waals surface area contributed by atoms with Crippen LogP contribution in [0.5, 0.6) is 0 Å². The molecule has 0 spiro atoms. The van der Waals surface area contributed by atoms with Gasteiger partial charge in [-0.25, -0.2) is 4.98 Å². The maximum absolute atomic E-state index is 11.2. The van der Waals surface area contributed by atoms with E-state index < -0.39 is 12.0 Å². The summed E-state index contributed by atoms with van der Waals surface area (Å²) < 4.78 is 0. The third-order valence-electron chi connectivity index (χ3n) is 3.60. The molecule has 0 unspecified atom stereocenters. The normalized spacial score (nSPS) is 12.5. The summed E-state index contributed by atoms with van der Waals surface area (Å²) in [5.74, 6) is -0.431. The van der Waals surface area contributed by atoms with E-state index in [4.69, 9.17) is 0 Å². The molecule has 1 aromatic carbocycles. The number of rotatable bonds is 9. The SMILES string of the molecule is CC(C)C[C@@H](NCc1cnc(CCc2ccccc2)s1)C(=O)O. The van der Waals surface area contributed by atoms with Crippen LogP contribution in [0, 0.1) is 5.92 Å². The molecule has 0 aliphatic rings. The van der Waals surface area contributed by atoms with Crippen molar-refractivity contribution in [3.05, 3.63) is 52.0 Å². The van der Waals surface area contributed by atoms with Crippen molar-refractivity contribution in [3.8, 4) is 0 Å². The van der Waals surface area contributed by atoms with E-state index in [1.54, 1.807) is 11.3 Å². The van der Waals surface area contributed by atoms with Crippen molar-refractivity contribution in [1.82, 2.24) is 10.3 Å². The molecule has 1 aromatic heterocycles. The summed E-state index contributed by atoms with van der Waals surface area (Å²) in [5.41, 5.74) is 1.31. The lowest BCUT2D eigenvalue weighted by molar-refractivity contribution is -0.140. The predicted octanol–water partition coefficient (Wildman–Crippen LogP) is 3.52. The van der Waals surface area contributed by atoms with Gasteiger partial charge < -0.3 is 5.11 Å². The van der Waals surface area contributed by atoms with Gasteiger partial charge in [-0.15, -0.1) is 11.3 Å². The van der Waals surface area contributed by atoms with Crippen molar-refractivity contribution in [2.45, 2.75) is 45.7 Å². The van der Waals surface area contributed by atoms with E-state index in [2.05, 4.69) is 22.4 Å². The molecule has 2 rings (SSSR count). The van der Waals surface area contributed by atoms with Crippen molar-refractivity contribution in [2.24, 2.45) is 5.92 Å². The Kier molecular flexibility index (Phi) is 6.74. The topological polar surface area (TPSA) is 62.2 Å². The minimum absolute atomic E-state index is 0.353. The van der Waals surface area contributed by atoms with Crippen LogP contribution in [0.2, 0.25) is 0 Å². The second-order valence-electron chi connectivity index (χ2n) is 6.11. The van der Waals surface area contributed by atoms with Gasteiger partial charge in [-0.2, -0.15) is 0 Å². The molecule has 5 heteroatoms. The molecule has 0 radical (unpaired) electrons. The summed E-state index contributed by atoms with van der Waals surface area (Å²) in [6, 6.07) is 9.87. The Labute approximate surface area is 141 Å². The van der Waals surface area contributed by atoms with Gasteiger partial charge in [-0.3, -0.25) is 10.1 Å². The molecule has 0 saturated heterocycles. The van der Waals surface area contributed by atoms with E-state index in [0.29, 0.717) is 18.9 Å². The number of aliphatic carboxylic acids is 1. The molecule has 0 fully saturated rings. The molecule has 0 amide bonds. The summed E-state index contributed by atoms with van der Waals surface area (Å²) in [4.78, 5) is 16.8. The van der Waals surface area contributed by atoms with E-state index in [0.717, 1.165) is 22.7 Å². The summed E-state index contributed by atoms with van der Waals surface area (Å²) in [7, 11) is 0. The van der Waals surface area contributed by atoms with Crippen molar-refractivity contribution in [3.63, 3.8) is 0 Å². The molecule has 23 heavy (non-hydrogen) atoms. The first-order valence-electron chi connectivity index (χ1n) is 7.98. The summed E-state index contributed by atoms with van der Waals surface area (Å²) >= 11 is 1.66. The first kappa shape index (κ1) is 17.6. The Hall–Kier alpha value is -1.72. The largest absolute Gasteiger partial charge is 0.480 e. The van der Waals surface area contributed by atoms with Crippen LogP contribution in [0.1, 0.15) is 35.7 Å². The van der Waals surface area contributed by atoms with Crippen molar-refractivity contribution in [2.75, 3.05) is 0 Å². The molecule has 0 saturated carbocycles. The third-order valence-corrected chi connectivity index (χ3v) is 4.66. The Balaban J connectivity index is 1.83. The fourth-order valence-corrected chi connectivity index (χ4v) is 3.28. The summed E-state index contributed by atoms with van der Waals surface area (Å²) in [6.07, 6.45) is 4.39. The van der Waals surface area contributed by atoms with Crippen LogP contribution < -0.4 is 5.32 Å². The maximum Gasteiger partial charge on any atom is 0.320 e. The first-order chi connectivity index (χ1) is 11.0. The van der Waals surface area contributed by atoms with Crippen LogP contribution in [0.15, 0.2) is 36.5 Å². The predicted molar refractivity (Wildman–Crippen MR) is 93.7 cm³/mol. The van der Waals surface area contributed by atoms with E-state index in [1.165, 1.54) is 5.56 Å². The smallest absolute Gasteiger partial charge is 0.320 e. The second-order valence-corrected chi connectivity index (χ2v) is 7.31. The van der Waals surface area contributed by atoms with Crippen molar-refractivity contribution < 1.29 is 9.90 Å². The van der Waals surface area contributed by atoms with E-state index >= 15 is 0 Å². The number of carboxylic acids is 1. The molecule has 2 N–H and O–H groups in total. The van der Waals surface area contributed by atoms with E-state index in [-0.39, 0.29) is 0 Å². The van der Waals surface area contributed by atoms with Gasteiger partial charge in [0.15, 0.2) is 0 Å². The zero-order valence-electron chi connectivity index (χ0n) is 13.7. The average Bonchev–Trinajstić information content (AvgIpc) is 2.98. The molecule has 124 valence electrons. The van der Waals surface area contributed by atoms with Crippen molar-refractivity contribution in [1.29, 1.82) is 0 Å². The van der Waals surface area contributed by atoms with Gasteiger partial charge in [0.2, 0.25) is 0 Å². The van der Waals surface area contributed by atoms with Gasteiger partial charge >= 0.3 is 5.97 Å². The number of thiazole rings is 1. The highest BCUT2D eigenvalue weighted by Gasteiger charge is 2.18. The fraction of sp³-hybridized carbons (Fsp3) is 0.444. The lowest BCUT2D eigenvalue weighted by Gasteiger charge is -2.15. The molecule has 0 aliphatic heterocycles. The van der Waals surface area contributed by atoms with Gasteiger partial charge in [0, 0.05) is 24.0 Å². The van der Waals surface area contributed by atoms with E-state index in [9.17, 15) is 9.90 Å². The molecule has 0 bridgehead atoms. The number of aryl methyl sites for hydroxylation is 2. The molecular weight excluding hydrogens is 308 g/mol. The highest BCUT2D eigenvalue weighted by Crippen LogP contribution is 2.16. The van der Waals surface area contributed by atoms with Gasteiger partial charge in [-0.1, -0.05) is 44.2 Å². The molecule has 2 aromatic rings. The number of hydrogen-bond donors (Lipinski definition) is 2. The number of nitrogens with one attached hydrogen (secondary N) is 1. The van der Waals surface area contributed by atoms with Gasteiger partial charge in [-0.05, 0) is 24.3 Å². The van der Waals surface area contributed by atoms with Gasteiger partial charge in [0.1, 0.15) is 6.04 Å². The van der Waals surface area contributed by atoms with Crippen LogP contribution >= 0.6 is 11.3 Å². The molecule has 1 atom stereocenters. The van der Waals surface area contributed by atoms with Crippen LogP contribution in [0.4, 0.5) is 0 Å². The number of hydrogen-bond acceptors (Lipinski definition) is 4. The zero-order chi connectivity index (χ0) is 16.7. The van der Waals surface area contributed by atoms with Crippen LogP contribution in [0.25, 0.3) is 0 Å². The highest BCUT2D eigenvalue weighted by atomic mass is 32.1. The highest BCUT2D eigenvalue weighted by molar-refractivity contribution is 7.11. The first-order valence-corrected chi connectivity index (χ1v) is 8.80. The molecule has 1 heterocycles. The number of carbonyl (C=O) groups is 1. The molecule has 4 nitrogen and oxygen atoms in total. The quantitative estimate of drug-likeness (QED) is 0.737. The standard InChI is InChI=1S/C18H24N2O2S/c1-13(2)10-16(18(21)22)19-11-15-12-20-17(23-15)9-8-14-6-4-3-5-7-14/h3-7,12-13,16,19H,8-11H2,1-2H3,(H,21,22)/t16-/m1/s1. The number of aromatic nitrogens is 1. The molecule has 0 aliphatic carbocycles. The van der Waals surface area contributed by atoms with Crippen molar-refractivity contribution >= 4 is 17.3 Å². The van der Waals surface area contributed by atoms with Crippen LogP contribution in [0.3, 0.4) is 0 Å².